The third-order valence-electron chi connectivity index (χ3n) is 4.76. The lowest BCUT2D eigenvalue weighted by molar-refractivity contribution is -0.0999. The average molecular weight is 475 g/mol. The number of halogens is 1. The standard InChI is InChI=1S/C22H23ClN4O6/c23-14-6-8-15(9-7-14)27-17(13-4-2-1-3-5-13)10-16(26-27)22(33)25-24-11-18(29)20(31)21(32)19(30)12-28/h1-11,18-21,28-32H,12H2,(H,25,33)/b24-11-/t18-,19+,20+,21+/m1/s1. The van der Waals surface area contributed by atoms with Gasteiger partial charge in [-0.1, -0.05) is 41.9 Å². The lowest BCUT2D eigenvalue weighted by Crippen LogP contribution is -2.46. The highest BCUT2D eigenvalue weighted by Gasteiger charge is 2.29. The van der Waals surface area contributed by atoms with E-state index in [1.165, 1.54) is 0 Å². The molecule has 0 bridgehead atoms. The maximum Gasteiger partial charge on any atom is 0.291 e. The van der Waals surface area contributed by atoms with Crippen molar-refractivity contribution in [3.63, 3.8) is 0 Å². The minimum atomic E-state index is -1.83. The molecule has 3 rings (SSSR count). The largest absolute Gasteiger partial charge is 0.394 e. The van der Waals surface area contributed by atoms with Crippen molar-refractivity contribution in [2.75, 3.05) is 6.61 Å². The molecule has 2 aromatic carbocycles. The predicted molar refractivity (Wildman–Crippen MR) is 121 cm³/mol. The van der Waals surface area contributed by atoms with Crippen LogP contribution in [0.1, 0.15) is 10.5 Å². The highest BCUT2D eigenvalue weighted by Crippen LogP contribution is 2.24. The molecular weight excluding hydrogens is 452 g/mol. The normalized spacial score (nSPS) is 15.2. The molecule has 0 saturated carbocycles. The molecule has 1 amide bonds. The van der Waals surface area contributed by atoms with Crippen molar-refractivity contribution >= 4 is 23.7 Å². The Kier molecular flexibility index (Phi) is 8.28. The summed E-state index contributed by atoms with van der Waals surface area (Å²) in [5.74, 6) is -0.686. The second kappa shape index (κ2) is 11.1. The zero-order valence-corrected chi connectivity index (χ0v) is 18.0. The Hall–Kier alpha value is -3.12. The zero-order chi connectivity index (χ0) is 24.0. The number of benzene rings is 2. The Morgan fingerprint density at radius 3 is 2.36 bits per heavy atom. The summed E-state index contributed by atoms with van der Waals surface area (Å²) in [5, 5.41) is 55.9. The second-order valence-corrected chi connectivity index (χ2v) is 7.55. The molecule has 1 heterocycles. The first-order valence-corrected chi connectivity index (χ1v) is 10.3. The first kappa shape index (κ1) is 24.5. The van der Waals surface area contributed by atoms with E-state index in [4.69, 9.17) is 16.7 Å². The number of aromatic nitrogens is 2. The molecule has 1 aromatic heterocycles. The zero-order valence-electron chi connectivity index (χ0n) is 17.2. The Balaban J connectivity index is 1.79. The van der Waals surface area contributed by atoms with Gasteiger partial charge in [0, 0.05) is 10.6 Å². The van der Waals surface area contributed by atoms with Gasteiger partial charge < -0.3 is 25.5 Å². The molecule has 11 heteroatoms. The number of aliphatic hydroxyl groups is 5. The molecule has 33 heavy (non-hydrogen) atoms. The van der Waals surface area contributed by atoms with Gasteiger partial charge in [0.05, 0.1) is 24.2 Å². The van der Waals surface area contributed by atoms with Crippen LogP contribution in [-0.4, -0.2) is 78.5 Å². The van der Waals surface area contributed by atoms with E-state index in [0.29, 0.717) is 16.4 Å². The van der Waals surface area contributed by atoms with E-state index in [1.807, 2.05) is 30.3 Å². The van der Waals surface area contributed by atoms with E-state index in [-0.39, 0.29) is 5.69 Å². The van der Waals surface area contributed by atoms with Gasteiger partial charge in [-0.3, -0.25) is 4.79 Å². The van der Waals surface area contributed by atoms with Crippen molar-refractivity contribution in [3.8, 4) is 16.9 Å². The fourth-order valence-electron chi connectivity index (χ4n) is 2.94. The van der Waals surface area contributed by atoms with E-state index in [2.05, 4.69) is 15.6 Å². The van der Waals surface area contributed by atoms with Gasteiger partial charge in [0.1, 0.15) is 24.4 Å². The first-order chi connectivity index (χ1) is 15.8. The van der Waals surface area contributed by atoms with Gasteiger partial charge in [-0.25, -0.2) is 10.1 Å². The van der Waals surface area contributed by atoms with Gasteiger partial charge in [-0.15, -0.1) is 0 Å². The molecule has 0 unspecified atom stereocenters. The number of carbonyl (C=O) groups excluding carboxylic acids is 1. The molecule has 0 aliphatic heterocycles. The number of aliphatic hydroxyl groups excluding tert-OH is 5. The SMILES string of the molecule is O=C(N/N=C\[C@@H](O)[C@H](O)[C@@H](O)[C@@H](O)CO)c1cc(-c2ccccc2)n(-c2ccc(Cl)cc2)n1. The van der Waals surface area contributed by atoms with Crippen molar-refractivity contribution in [1.82, 2.24) is 15.2 Å². The van der Waals surface area contributed by atoms with Gasteiger partial charge in [0.15, 0.2) is 5.69 Å². The molecule has 0 aliphatic rings. The molecule has 0 spiro atoms. The van der Waals surface area contributed by atoms with Crippen LogP contribution in [0.4, 0.5) is 0 Å². The molecule has 0 aliphatic carbocycles. The Labute approximate surface area is 194 Å². The summed E-state index contributed by atoms with van der Waals surface area (Å²) in [7, 11) is 0. The predicted octanol–water partition coefficient (Wildman–Crippen LogP) is 0.344. The van der Waals surface area contributed by atoms with Crippen LogP contribution in [0.3, 0.4) is 0 Å². The Morgan fingerprint density at radius 1 is 1.06 bits per heavy atom. The third kappa shape index (κ3) is 6.02. The van der Waals surface area contributed by atoms with Crippen LogP contribution in [0.5, 0.6) is 0 Å². The molecule has 10 nitrogen and oxygen atoms in total. The molecule has 0 saturated heterocycles. The van der Waals surface area contributed by atoms with Crippen LogP contribution in [0.25, 0.3) is 16.9 Å². The minimum absolute atomic E-state index is 0.0340. The highest BCUT2D eigenvalue weighted by molar-refractivity contribution is 6.30. The highest BCUT2D eigenvalue weighted by atomic mass is 35.5. The molecule has 3 aromatic rings. The quantitative estimate of drug-likeness (QED) is 0.192. The number of carbonyl (C=O) groups is 1. The molecule has 0 fully saturated rings. The van der Waals surface area contributed by atoms with Gasteiger partial charge in [-0.05, 0) is 30.3 Å². The van der Waals surface area contributed by atoms with Crippen LogP contribution in [0.2, 0.25) is 5.02 Å². The lowest BCUT2D eigenvalue weighted by atomic mass is 10.0. The summed E-state index contributed by atoms with van der Waals surface area (Å²) in [6.07, 6.45) is -6.22. The molecule has 0 radical (unpaired) electrons. The van der Waals surface area contributed by atoms with Gasteiger partial charge in [0.2, 0.25) is 0 Å². The Bertz CT molecular complexity index is 1090. The second-order valence-electron chi connectivity index (χ2n) is 7.11. The number of nitrogens with zero attached hydrogens (tertiary/aromatic N) is 3. The van der Waals surface area contributed by atoms with Gasteiger partial charge >= 0.3 is 0 Å². The molecule has 4 atom stereocenters. The van der Waals surface area contributed by atoms with Gasteiger partial charge in [0.25, 0.3) is 5.91 Å². The van der Waals surface area contributed by atoms with Crippen molar-refractivity contribution in [3.05, 3.63) is 71.4 Å². The van der Waals surface area contributed by atoms with Crippen LogP contribution in [0, 0.1) is 0 Å². The smallest absolute Gasteiger partial charge is 0.291 e. The van der Waals surface area contributed by atoms with Crippen molar-refractivity contribution < 1.29 is 30.3 Å². The van der Waals surface area contributed by atoms with E-state index in [9.17, 15) is 25.2 Å². The van der Waals surface area contributed by atoms with Crippen molar-refractivity contribution in [1.29, 1.82) is 0 Å². The number of amides is 1. The maximum atomic E-state index is 12.6. The lowest BCUT2D eigenvalue weighted by Gasteiger charge is -2.23. The number of nitrogens with one attached hydrogen (secondary N) is 1. The van der Waals surface area contributed by atoms with E-state index >= 15 is 0 Å². The number of hydrogen-bond donors (Lipinski definition) is 6. The summed E-state index contributed by atoms with van der Waals surface area (Å²) in [6.45, 7) is -0.807. The summed E-state index contributed by atoms with van der Waals surface area (Å²) < 4.78 is 1.58. The van der Waals surface area contributed by atoms with Crippen LogP contribution >= 0.6 is 11.6 Å². The number of hydrogen-bond acceptors (Lipinski definition) is 8. The number of hydrazone groups is 1. The van der Waals surface area contributed by atoms with Crippen LogP contribution in [-0.2, 0) is 0 Å². The third-order valence-corrected chi connectivity index (χ3v) is 5.01. The number of rotatable bonds is 9. The topological polar surface area (TPSA) is 160 Å². The van der Waals surface area contributed by atoms with Crippen LogP contribution < -0.4 is 5.43 Å². The summed E-state index contributed by atoms with van der Waals surface area (Å²) in [5.41, 5.74) is 4.36. The van der Waals surface area contributed by atoms with E-state index in [1.54, 1.807) is 35.0 Å². The van der Waals surface area contributed by atoms with E-state index < -0.39 is 36.9 Å². The summed E-state index contributed by atoms with van der Waals surface area (Å²) in [4.78, 5) is 12.6. The molecular formula is C22H23ClN4O6. The summed E-state index contributed by atoms with van der Waals surface area (Å²) in [6, 6.07) is 17.8. The molecule has 6 N–H and O–H groups in total. The average Bonchev–Trinajstić information content (AvgIpc) is 3.29. The van der Waals surface area contributed by atoms with Crippen LogP contribution in [0.15, 0.2) is 65.8 Å². The summed E-state index contributed by atoms with van der Waals surface area (Å²) >= 11 is 5.97. The maximum absolute atomic E-state index is 12.6. The minimum Gasteiger partial charge on any atom is -0.394 e. The van der Waals surface area contributed by atoms with Crippen molar-refractivity contribution in [2.24, 2.45) is 5.10 Å². The monoisotopic (exact) mass is 474 g/mol. The van der Waals surface area contributed by atoms with E-state index in [0.717, 1.165) is 11.8 Å². The van der Waals surface area contributed by atoms with Crippen molar-refractivity contribution in [2.45, 2.75) is 24.4 Å². The first-order valence-electron chi connectivity index (χ1n) is 9.90. The Morgan fingerprint density at radius 2 is 1.73 bits per heavy atom. The fraction of sp³-hybridized carbons (Fsp3) is 0.227. The fourth-order valence-corrected chi connectivity index (χ4v) is 3.07. The molecule has 174 valence electrons. The van der Waals surface area contributed by atoms with Gasteiger partial charge in [-0.2, -0.15) is 10.2 Å².